The van der Waals surface area contributed by atoms with Gasteiger partial charge in [-0.15, -0.1) is 5.10 Å². The first-order valence-corrected chi connectivity index (χ1v) is 18.2. The van der Waals surface area contributed by atoms with Gasteiger partial charge in [0.1, 0.15) is 11.4 Å². The minimum absolute atomic E-state index is 0.343. The predicted molar refractivity (Wildman–Crippen MR) is 211 cm³/mol. The maximum atomic E-state index is 13.4. The number of tetrazole rings is 1. The number of unbranched alkanes of at least 4 members (excludes halogenated alkanes) is 1. The Bertz CT molecular complexity index is 2580. The summed E-state index contributed by atoms with van der Waals surface area (Å²) in [5.41, 5.74) is 6.17. The molecular weight excluding hydrogens is 673 g/mol. The van der Waals surface area contributed by atoms with Crippen molar-refractivity contribution >= 4 is 11.2 Å². The van der Waals surface area contributed by atoms with E-state index in [-0.39, 0.29) is 11.2 Å². The average Bonchev–Trinajstić information content (AvgIpc) is 3.86. The van der Waals surface area contributed by atoms with Gasteiger partial charge in [-0.2, -0.15) is 0 Å². The van der Waals surface area contributed by atoms with Crippen LogP contribution in [-0.2, 0) is 32.6 Å². The van der Waals surface area contributed by atoms with Crippen LogP contribution in [0.3, 0.4) is 0 Å². The third-order valence-electron chi connectivity index (χ3n) is 10.3. The Morgan fingerprint density at radius 1 is 0.648 bits per heavy atom. The van der Waals surface area contributed by atoms with E-state index in [9.17, 15) is 9.59 Å². The van der Waals surface area contributed by atoms with Crippen LogP contribution in [0.5, 0.6) is 0 Å². The van der Waals surface area contributed by atoms with Gasteiger partial charge >= 0.3 is 5.69 Å². The number of hydrogen-bond acceptors (Lipinski definition) is 6. The van der Waals surface area contributed by atoms with Gasteiger partial charge in [0.25, 0.3) is 5.56 Å². The summed E-state index contributed by atoms with van der Waals surface area (Å²) < 4.78 is 6.54. The number of hydrogen-bond donors (Lipinski definition) is 0. The van der Waals surface area contributed by atoms with Crippen molar-refractivity contribution in [2.45, 2.75) is 38.3 Å². The van der Waals surface area contributed by atoms with E-state index in [1.807, 2.05) is 76.0 Å². The number of aryl methyl sites for hydroxylation is 2. The smallest absolute Gasteiger partial charge is 0.318 e. The van der Waals surface area contributed by atoms with Crippen LogP contribution in [0.1, 0.15) is 47.8 Å². The summed E-state index contributed by atoms with van der Waals surface area (Å²) in [6, 6.07) is 47.7. The maximum absolute atomic E-state index is 13.4. The molecule has 268 valence electrons. The first-order valence-electron chi connectivity index (χ1n) is 18.2. The molecule has 8 rings (SSSR count). The quantitative estimate of drug-likeness (QED) is 0.134. The van der Waals surface area contributed by atoms with Crippen molar-refractivity contribution in [2.75, 3.05) is 0 Å². The Morgan fingerprint density at radius 3 is 1.78 bits per heavy atom. The Morgan fingerprint density at radius 2 is 1.20 bits per heavy atom. The molecule has 0 unspecified atom stereocenters. The molecule has 0 aliphatic rings. The summed E-state index contributed by atoms with van der Waals surface area (Å²) in [5, 5.41) is 13.8. The lowest BCUT2D eigenvalue weighted by molar-refractivity contribution is 0.451. The second-order valence-electron chi connectivity index (χ2n) is 13.6. The van der Waals surface area contributed by atoms with Gasteiger partial charge < -0.3 is 4.57 Å². The zero-order chi connectivity index (χ0) is 37.2. The van der Waals surface area contributed by atoms with Gasteiger partial charge in [-0.1, -0.05) is 153 Å². The first kappa shape index (κ1) is 34.4. The van der Waals surface area contributed by atoms with Crippen molar-refractivity contribution in [2.24, 2.45) is 14.1 Å². The highest BCUT2D eigenvalue weighted by molar-refractivity contribution is 5.81. The monoisotopic (exact) mass is 712 g/mol. The highest BCUT2D eigenvalue weighted by Gasteiger charge is 2.42. The molecule has 3 heterocycles. The van der Waals surface area contributed by atoms with Gasteiger partial charge in [0, 0.05) is 32.6 Å². The second kappa shape index (κ2) is 14.4. The Balaban J connectivity index is 1.24. The van der Waals surface area contributed by atoms with Crippen LogP contribution in [0, 0.1) is 0 Å². The molecule has 54 heavy (non-hydrogen) atoms. The van der Waals surface area contributed by atoms with Crippen molar-refractivity contribution in [3.8, 4) is 22.5 Å². The van der Waals surface area contributed by atoms with Gasteiger partial charge in [-0.05, 0) is 50.2 Å². The van der Waals surface area contributed by atoms with Crippen LogP contribution in [0.25, 0.3) is 33.7 Å². The molecule has 0 atom stereocenters. The lowest BCUT2D eigenvalue weighted by Gasteiger charge is -2.36. The van der Waals surface area contributed by atoms with Crippen LogP contribution >= 0.6 is 0 Å². The van der Waals surface area contributed by atoms with E-state index in [0.29, 0.717) is 30.0 Å². The van der Waals surface area contributed by atoms with E-state index in [0.717, 1.165) is 62.2 Å². The predicted octanol–water partition coefficient (Wildman–Crippen LogP) is 6.99. The van der Waals surface area contributed by atoms with Crippen molar-refractivity contribution in [3.05, 3.63) is 188 Å². The highest BCUT2D eigenvalue weighted by atomic mass is 16.2. The highest BCUT2D eigenvalue weighted by Crippen LogP contribution is 2.43. The SMILES string of the molecule is CCCCc1nc2c(c(=O)n(C)c(=O)n2C)n1Cc1ccc(-c2ccccc2-c2nnnn2C(c2ccccc2)(c2ccccc2)c2ccccc2)cc1. The van der Waals surface area contributed by atoms with Gasteiger partial charge in [0.05, 0.1) is 0 Å². The fourth-order valence-electron chi connectivity index (χ4n) is 7.58. The normalized spacial score (nSPS) is 11.7. The molecular formula is C44H40N8O2. The minimum Gasteiger partial charge on any atom is -0.318 e. The fraction of sp³-hybridized carbons (Fsp3) is 0.182. The number of benzene rings is 5. The minimum atomic E-state index is -0.886. The Labute approximate surface area is 312 Å². The third kappa shape index (κ3) is 5.76. The molecule has 0 saturated carbocycles. The van der Waals surface area contributed by atoms with Crippen LogP contribution in [0.4, 0.5) is 0 Å². The number of rotatable bonds is 11. The van der Waals surface area contributed by atoms with Crippen LogP contribution in [0.2, 0.25) is 0 Å². The number of imidazole rings is 1. The molecule has 0 amide bonds. The lowest BCUT2D eigenvalue weighted by atomic mass is 9.77. The van der Waals surface area contributed by atoms with E-state index in [1.54, 1.807) is 7.05 Å². The van der Waals surface area contributed by atoms with Crippen molar-refractivity contribution in [1.29, 1.82) is 0 Å². The van der Waals surface area contributed by atoms with E-state index in [1.165, 1.54) is 11.6 Å². The number of nitrogens with zero attached hydrogens (tertiary/aromatic N) is 8. The van der Waals surface area contributed by atoms with E-state index in [2.05, 4.69) is 84.9 Å². The Hall–Kier alpha value is -6.68. The summed E-state index contributed by atoms with van der Waals surface area (Å²) in [4.78, 5) is 31.0. The van der Waals surface area contributed by atoms with Crippen LogP contribution in [-0.4, -0.2) is 38.9 Å². The zero-order valence-electron chi connectivity index (χ0n) is 30.5. The molecule has 0 saturated heterocycles. The molecule has 0 fully saturated rings. The van der Waals surface area contributed by atoms with E-state index in [4.69, 9.17) is 15.3 Å². The molecule has 8 aromatic rings. The number of fused-ring (bicyclic) bond motifs is 1. The molecule has 5 aromatic carbocycles. The third-order valence-corrected chi connectivity index (χ3v) is 10.3. The maximum Gasteiger partial charge on any atom is 0.332 e. The molecule has 3 aromatic heterocycles. The van der Waals surface area contributed by atoms with Crippen molar-refractivity contribution in [1.82, 2.24) is 38.9 Å². The Kier molecular flexibility index (Phi) is 9.17. The molecule has 0 radical (unpaired) electrons. The zero-order valence-corrected chi connectivity index (χ0v) is 30.5. The van der Waals surface area contributed by atoms with Gasteiger partial charge in [0.15, 0.2) is 17.0 Å². The fourth-order valence-corrected chi connectivity index (χ4v) is 7.58. The molecule has 0 bridgehead atoms. The lowest BCUT2D eigenvalue weighted by Crippen LogP contribution is -2.39. The van der Waals surface area contributed by atoms with Crippen LogP contribution in [0.15, 0.2) is 149 Å². The van der Waals surface area contributed by atoms with Crippen molar-refractivity contribution in [3.63, 3.8) is 0 Å². The molecule has 0 spiro atoms. The molecule has 0 N–H and O–H groups in total. The van der Waals surface area contributed by atoms with Crippen molar-refractivity contribution < 1.29 is 0 Å². The van der Waals surface area contributed by atoms with Gasteiger partial charge in [-0.3, -0.25) is 13.9 Å². The van der Waals surface area contributed by atoms with E-state index >= 15 is 0 Å². The standard InChI is InChI=1S/C44H40N8O2/c1-4-5-25-38-45-41-39(42(53)50(3)43(54)49(41)2)51(38)30-31-26-28-32(29-27-31)36-23-15-16-24-37(36)40-46-47-48-52(40)44(33-17-9-6-10-18-33,34-19-11-7-12-20-34)35-21-13-8-14-22-35/h6-24,26-29H,4-5,25,30H2,1-3H3. The molecule has 10 heteroatoms. The number of aromatic nitrogens is 8. The molecule has 10 nitrogen and oxygen atoms in total. The summed E-state index contributed by atoms with van der Waals surface area (Å²) in [7, 11) is 3.18. The summed E-state index contributed by atoms with van der Waals surface area (Å²) in [6.45, 7) is 2.57. The largest absolute Gasteiger partial charge is 0.332 e. The first-order chi connectivity index (χ1) is 26.4. The van der Waals surface area contributed by atoms with E-state index < -0.39 is 5.54 Å². The molecule has 0 aliphatic heterocycles. The summed E-state index contributed by atoms with van der Waals surface area (Å²) in [6.07, 6.45) is 2.62. The summed E-state index contributed by atoms with van der Waals surface area (Å²) in [5.74, 6) is 1.42. The second-order valence-corrected chi connectivity index (χ2v) is 13.6. The topological polar surface area (TPSA) is 105 Å². The average molecular weight is 713 g/mol. The summed E-state index contributed by atoms with van der Waals surface area (Å²) >= 11 is 0. The van der Waals surface area contributed by atoms with Crippen LogP contribution < -0.4 is 11.2 Å². The molecule has 0 aliphatic carbocycles. The van der Waals surface area contributed by atoms with Gasteiger partial charge in [-0.25, -0.2) is 14.5 Å². The van der Waals surface area contributed by atoms with Gasteiger partial charge in [0.2, 0.25) is 0 Å².